The molecule has 0 amide bonds. The Morgan fingerprint density at radius 1 is 1.12 bits per heavy atom. The van der Waals surface area contributed by atoms with Crippen LogP contribution in [0.3, 0.4) is 0 Å². The summed E-state index contributed by atoms with van der Waals surface area (Å²) >= 11 is 0. The van der Waals surface area contributed by atoms with Crippen molar-refractivity contribution in [1.82, 2.24) is 0 Å². The Morgan fingerprint density at radius 2 is 1.82 bits per heavy atom. The molecule has 0 atom stereocenters. The second-order valence-electron chi connectivity index (χ2n) is 5.32. The summed E-state index contributed by atoms with van der Waals surface area (Å²) < 4.78 is 5.50. The lowest BCUT2D eigenvalue weighted by Crippen LogP contribution is -2.32. The summed E-state index contributed by atoms with van der Waals surface area (Å²) in [5.41, 5.74) is 0. The maximum absolute atomic E-state index is 11.7. The van der Waals surface area contributed by atoms with Gasteiger partial charge in [0.05, 0.1) is 6.10 Å². The topological polar surface area (TPSA) is 26.3 Å². The van der Waals surface area contributed by atoms with Crippen LogP contribution in [0.1, 0.15) is 71.6 Å². The maximum atomic E-state index is 11.7. The molecule has 0 aliphatic heterocycles. The first-order chi connectivity index (χ1) is 8.26. The Morgan fingerprint density at radius 3 is 2.47 bits per heavy atom. The number of ketones is 1. The van der Waals surface area contributed by atoms with Gasteiger partial charge < -0.3 is 4.74 Å². The van der Waals surface area contributed by atoms with E-state index in [1.807, 2.05) is 6.92 Å². The molecule has 2 nitrogen and oxygen atoms in total. The number of unbranched alkanes of at least 4 members (excludes halogenated alkanes) is 4. The predicted molar refractivity (Wildman–Crippen MR) is 71.1 cm³/mol. The fourth-order valence-electron chi connectivity index (χ4n) is 2.56. The molecule has 0 aromatic carbocycles. The van der Waals surface area contributed by atoms with Gasteiger partial charge in [-0.2, -0.15) is 0 Å². The van der Waals surface area contributed by atoms with Crippen LogP contribution in [-0.4, -0.2) is 18.5 Å². The van der Waals surface area contributed by atoms with Gasteiger partial charge in [-0.25, -0.2) is 0 Å². The van der Waals surface area contributed by atoms with Gasteiger partial charge >= 0.3 is 0 Å². The zero-order valence-corrected chi connectivity index (χ0v) is 11.5. The van der Waals surface area contributed by atoms with Crippen molar-refractivity contribution in [2.24, 2.45) is 5.92 Å². The second-order valence-corrected chi connectivity index (χ2v) is 5.32. The van der Waals surface area contributed by atoms with Gasteiger partial charge in [-0.1, -0.05) is 32.6 Å². The van der Waals surface area contributed by atoms with Crippen LogP contribution in [0.2, 0.25) is 0 Å². The Kier molecular flexibility index (Phi) is 7.50. The van der Waals surface area contributed by atoms with Crippen LogP contribution in [0.25, 0.3) is 0 Å². The van der Waals surface area contributed by atoms with Crippen molar-refractivity contribution in [3.05, 3.63) is 0 Å². The van der Waals surface area contributed by atoms with E-state index in [1.165, 1.54) is 25.7 Å². The third kappa shape index (κ3) is 6.21. The molecule has 17 heavy (non-hydrogen) atoms. The van der Waals surface area contributed by atoms with Gasteiger partial charge in [0.25, 0.3) is 0 Å². The summed E-state index contributed by atoms with van der Waals surface area (Å²) in [6, 6.07) is 0. The molecule has 0 bridgehead atoms. The Labute approximate surface area is 106 Å². The van der Waals surface area contributed by atoms with E-state index in [4.69, 9.17) is 4.74 Å². The fourth-order valence-corrected chi connectivity index (χ4v) is 2.56. The quantitative estimate of drug-likeness (QED) is 0.537. The van der Waals surface area contributed by atoms with Crippen molar-refractivity contribution < 1.29 is 9.53 Å². The molecule has 0 heterocycles. The first kappa shape index (κ1) is 14.7. The zero-order valence-electron chi connectivity index (χ0n) is 11.5. The van der Waals surface area contributed by atoms with E-state index in [1.54, 1.807) is 0 Å². The molecule has 100 valence electrons. The van der Waals surface area contributed by atoms with Gasteiger partial charge in [-0.05, 0) is 32.1 Å². The lowest BCUT2D eigenvalue weighted by molar-refractivity contribution is -0.122. The normalized spacial score (nSPS) is 23.4. The number of hydrogen-bond acceptors (Lipinski definition) is 2. The molecule has 0 N–H and O–H groups in total. The average Bonchev–Trinajstić information content (AvgIpc) is 2.26. The number of ether oxygens (including phenoxy) is 1. The number of rotatable bonds is 10. The standard InChI is InChI=1S/C15H28O2/c1-3-5-6-7-8-9-14(16)10-13-11-15(12-13)17-4-2/h13,15H,3-12H2,1-2H3. The van der Waals surface area contributed by atoms with Crippen molar-refractivity contribution in [3.63, 3.8) is 0 Å². The lowest BCUT2D eigenvalue weighted by atomic mass is 9.78. The molecule has 0 unspecified atom stereocenters. The molecule has 0 saturated heterocycles. The Balaban J connectivity index is 1.92. The minimum atomic E-state index is 0.447. The molecular weight excluding hydrogens is 212 g/mol. The lowest BCUT2D eigenvalue weighted by Gasteiger charge is -2.34. The second kappa shape index (κ2) is 8.68. The zero-order chi connectivity index (χ0) is 12.5. The van der Waals surface area contributed by atoms with Crippen molar-refractivity contribution in [2.45, 2.75) is 77.7 Å². The van der Waals surface area contributed by atoms with E-state index < -0.39 is 0 Å². The minimum Gasteiger partial charge on any atom is -0.378 e. The smallest absolute Gasteiger partial charge is 0.133 e. The highest BCUT2D eigenvalue weighted by atomic mass is 16.5. The van der Waals surface area contributed by atoms with Gasteiger partial charge in [-0.15, -0.1) is 0 Å². The summed E-state index contributed by atoms with van der Waals surface area (Å²) in [6.45, 7) is 5.06. The molecule has 2 heteroatoms. The largest absolute Gasteiger partial charge is 0.378 e. The van der Waals surface area contributed by atoms with Crippen molar-refractivity contribution >= 4 is 5.78 Å². The Bertz CT molecular complexity index is 207. The van der Waals surface area contributed by atoms with Crippen molar-refractivity contribution in [2.75, 3.05) is 6.61 Å². The molecule has 1 fully saturated rings. The average molecular weight is 240 g/mol. The third-order valence-corrected chi connectivity index (χ3v) is 3.67. The number of carbonyl (C=O) groups is 1. The van der Waals surface area contributed by atoms with E-state index in [9.17, 15) is 4.79 Å². The first-order valence-electron chi connectivity index (χ1n) is 7.39. The van der Waals surface area contributed by atoms with Crippen LogP contribution in [-0.2, 0) is 9.53 Å². The molecule has 0 radical (unpaired) electrons. The molecular formula is C15H28O2. The van der Waals surface area contributed by atoms with E-state index in [0.717, 1.165) is 38.7 Å². The summed E-state index contributed by atoms with van der Waals surface area (Å²) in [7, 11) is 0. The number of Topliss-reactive ketones (excluding diaryl/α,β-unsaturated/α-hetero) is 1. The van der Waals surface area contributed by atoms with Crippen LogP contribution in [0.5, 0.6) is 0 Å². The van der Waals surface area contributed by atoms with Gasteiger partial charge in [0.1, 0.15) is 5.78 Å². The molecule has 1 aliphatic carbocycles. The first-order valence-corrected chi connectivity index (χ1v) is 7.39. The van der Waals surface area contributed by atoms with E-state index in [2.05, 4.69) is 6.92 Å². The summed E-state index contributed by atoms with van der Waals surface area (Å²) in [4.78, 5) is 11.7. The van der Waals surface area contributed by atoms with E-state index in [0.29, 0.717) is 17.8 Å². The molecule has 0 spiro atoms. The SMILES string of the molecule is CCCCCCCC(=O)CC1CC(OCC)C1. The van der Waals surface area contributed by atoms with Gasteiger partial charge in [-0.3, -0.25) is 4.79 Å². The molecule has 0 aromatic heterocycles. The maximum Gasteiger partial charge on any atom is 0.133 e. The number of hydrogen-bond donors (Lipinski definition) is 0. The van der Waals surface area contributed by atoms with Crippen molar-refractivity contribution in [3.8, 4) is 0 Å². The molecule has 1 saturated carbocycles. The van der Waals surface area contributed by atoms with E-state index >= 15 is 0 Å². The number of carbonyl (C=O) groups excluding carboxylic acids is 1. The van der Waals surface area contributed by atoms with Crippen LogP contribution in [0.4, 0.5) is 0 Å². The fraction of sp³-hybridized carbons (Fsp3) is 0.933. The van der Waals surface area contributed by atoms with Gasteiger partial charge in [0, 0.05) is 19.4 Å². The Hall–Kier alpha value is -0.370. The monoisotopic (exact) mass is 240 g/mol. The highest BCUT2D eigenvalue weighted by Crippen LogP contribution is 2.33. The van der Waals surface area contributed by atoms with Crippen LogP contribution in [0.15, 0.2) is 0 Å². The molecule has 0 aromatic rings. The summed E-state index contributed by atoms with van der Waals surface area (Å²) in [5.74, 6) is 1.09. The highest BCUT2D eigenvalue weighted by molar-refractivity contribution is 5.78. The van der Waals surface area contributed by atoms with Crippen LogP contribution in [0, 0.1) is 5.92 Å². The predicted octanol–water partition coefficient (Wildman–Crippen LogP) is 4.12. The summed E-state index contributed by atoms with van der Waals surface area (Å²) in [6.07, 6.45) is 10.5. The van der Waals surface area contributed by atoms with E-state index in [-0.39, 0.29) is 0 Å². The minimum absolute atomic E-state index is 0.447. The third-order valence-electron chi connectivity index (χ3n) is 3.67. The molecule has 1 aliphatic rings. The van der Waals surface area contributed by atoms with Gasteiger partial charge in [0.2, 0.25) is 0 Å². The van der Waals surface area contributed by atoms with Crippen molar-refractivity contribution in [1.29, 1.82) is 0 Å². The molecule has 1 rings (SSSR count). The van der Waals surface area contributed by atoms with Gasteiger partial charge in [0.15, 0.2) is 0 Å². The van der Waals surface area contributed by atoms with Crippen LogP contribution >= 0.6 is 0 Å². The highest BCUT2D eigenvalue weighted by Gasteiger charge is 2.30. The van der Waals surface area contributed by atoms with Crippen LogP contribution < -0.4 is 0 Å². The summed E-state index contributed by atoms with van der Waals surface area (Å²) in [5, 5.41) is 0.